The normalized spacial score (nSPS) is 13.1. The van der Waals surface area contributed by atoms with Crippen LogP contribution < -0.4 is 11.1 Å². The Hall–Kier alpha value is -1.09. The Morgan fingerprint density at radius 3 is 2.60 bits per heavy atom. The summed E-state index contributed by atoms with van der Waals surface area (Å²) in [5, 5.41) is 3.48. The molecule has 3 heteroatoms. The third-order valence-electron chi connectivity index (χ3n) is 2.33. The van der Waals surface area contributed by atoms with Gasteiger partial charge in [0.05, 0.1) is 0 Å². The molecule has 0 bridgehead atoms. The zero-order valence-corrected chi connectivity index (χ0v) is 9.83. The molecule has 0 fully saturated rings. The molecule has 1 unspecified atom stereocenters. The lowest BCUT2D eigenvalue weighted by Crippen LogP contribution is -2.32. The number of nitrogen functional groups attached to an aromatic ring is 1. The highest BCUT2D eigenvalue weighted by Gasteiger charge is 2.03. The highest BCUT2D eigenvalue weighted by atomic mass is 14.9. The van der Waals surface area contributed by atoms with Gasteiger partial charge in [-0.1, -0.05) is 19.9 Å². The van der Waals surface area contributed by atoms with Crippen LogP contribution in [0.25, 0.3) is 0 Å². The lowest BCUT2D eigenvalue weighted by molar-refractivity contribution is 0.465. The standard InChI is InChI=1S/C12H21N3/c1-9(2)15-10(3)4-5-11-6-7-12(13)14-8-11/h6-10,15H,4-5H2,1-3H3,(H2,13,14). The topological polar surface area (TPSA) is 50.9 Å². The van der Waals surface area contributed by atoms with E-state index in [1.54, 1.807) is 0 Å². The van der Waals surface area contributed by atoms with Gasteiger partial charge in [0, 0.05) is 18.3 Å². The summed E-state index contributed by atoms with van der Waals surface area (Å²) >= 11 is 0. The number of hydrogen-bond donors (Lipinski definition) is 2. The summed E-state index contributed by atoms with van der Waals surface area (Å²) < 4.78 is 0. The van der Waals surface area contributed by atoms with E-state index >= 15 is 0 Å². The fourth-order valence-corrected chi connectivity index (χ4v) is 1.62. The van der Waals surface area contributed by atoms with Crippen molar-refractivity contribution in [1.82, 2.24) is 10.3 Å². The van der Waals surface area contributed by atoms with Crippen molar-refractivity contribution >= 4 is 5.82 Å². The van der Waals surface area contributed by atoms with E-state index in [0.717, 1.165) is 12.8 Å². The maximum atomic E-state index is 5.53. The van der Waals surface area contributed by atoms with Gasteiger partial charge in [0.2, 0.25) is 0 Å². The molecule has 15 heavy (non-hydrogen) atoms. The quantitative estimate of drug-likeness (QED) is 0.776. The van der Waals surface area contributed by atoms with Crippen LogP contribution in [0.3, 0.4) is 0 Å². The van der Waals surface area contributed by atoms with Gasteiger partial charge in [-0.2, -0.15) is 0 Å². The Morgan fingerprint density at radius 2 is 2.07 bits per heavy atom. The Morgan fingerprint density at radius 1 is 1.33 bits per heavy atom. The van der Waals surface area contributed by atoms with Gasteiger partial charge in [0.15, 0.2) is 0 Å². The second-order valence-electron chi connectivity index (χ2n) is 4.35. The molecule has 84 valence electrons. The van der Waals surface area contributed by atoms with Crippen molar-refractivity contribution < 1.29 is 0 Å². The molecule has 0 aromatic carbocycles. The monoisotopic (exact) mass is 207 g/mol. The number of nitrogens with one attached hydrogen (secondary N) is 1. The van der Waals surface area contributed by atoms with Gasteiger partial charge >= 0.3 is 0 Å². The third kappa shape index (κ3) is 4.79. The lowest BCUT2D eigenvalue weighted by atomic mass is 10.1. The van der Waals surface area contributed by atoms with Crippen LogP contribution in [0.2, 0.25) is 0 Å². The molecule has 1 heterocycles. The van der Waals surface area contributed by atoms with E-state index in [0.29, 0.717) is 17.9 Å². The summed E-state index contributed by atoms with van der Waals surface area (Å²) in [7, 11) is 0. The maximum absolute atomic E-state index is 5.53. The van der Waals surface area contributed by atoms with E-state index in [1.807, 2.05) is 18.3 Å². The molecular formula is C12H21N3. The van der Waals surface area contributed by atoms with E-state index in [-0.39, 0.29) is 0 Å². The molecule has 1 aromatic heterocycles. The largest absolute Gasteiger partial charge is 0.384 e. The van der Waals surface area contributed by atoms with Gasteiger partial charge in [-0.05, 0) is 31.4 Å². The molecule has 1 aromatic rings. The van der Waals surface area contributed by atoms with E-state index in [9.17, 15) is 0 Å². The summed E-state index contributed by atoms with van der Waals surface area (Å²) in [6.07, 6.45) is 4.04. The molecule has 0 amide bonds. The Bertz CT molecular complexity index is 279. The molecule has 0 saturated heterocycles. The van der Waals surface area contributed by atoms with E-state index < -0.39 is 0 Å². The van der Waals surface area contributed by atoms with Crippen molar-refractivity contribution in [3.63, 3.8) is 0 Å². The van der Waals surface area contributed by atoms with Crippen molar-refractivity contribution in [1.29, 1.82) is 0 Å². The fourth-order valence-electron chi connectivity index (χ4n) is 1.62. The molecule has 0 aliphatic rings. The van der Waals surface area contributed by atoms with Gasteiger partial charge in [-0.3, -0.25) is 0 Å². The van der Waals surface area contributed by atoms with Crippen molar-refractivity contribution in [2.75, 3.05) is 5.73 Å². The number of rotatable bonds is 5. The number of pyridine rings is 1. The minimum atomic E-state index is 0.544. The van der Waals surface area contributed by atoms with Gasteiger partial charge < -0.3 is 11.1 Å². The summed E-state index contributed by atoms with van der Waals surface area (Å²) in [5.74, 6) is 0.590. The lowest BCUT2D eigenvalue weighted by Gasteiger charge is -2.16. The molecule has 0 saturated carbocycles. The Balaban J connectivity index is 2.33. The molecule has 1 rings (SSSR count). The van der Waals surface area contributed by atoms with Gasteiger partial charge in [-0.15, -0.1) is 0 Å². The average Bonchev–Trinajstić information content (AvgIpc) is 2.16. The van der Waals surface area contributed by atoms with Crippen molar-refractivity contribution in [3.8, 4) is 0 Å². The summed E-state index contributed by atoms with van der Waals surface area (Å²) in [4.78, 5) is 4.08. The van der Waals surface area contributed by atoms with Crippen molar-refractivity contribution in [3.05, 3.63) is 23.9 Å². The van der Waals surface area contributed by atoms with Crippen LogP contribution in [0, 0.1) is 0 Å². The highest BCUT2D eigenvalue weighted by Crippen LogP contribution is 2.06. The first-order chi connectivity index (χ1) is 7.08. The molecule has 0 spiro atoms. The van der Waals surface area contributed by atoms with E-state index in [2.05, 4.69) is 31.1 Å². The van der Waals surface area contributed by atoms with Gasteiger partial charge in [0.25, 0.3) is 0 Å². The van der Waals surface area contributed by atoms with E-state index in [1.165, 1.54) is 5.56 Å². The van der Waals surface area contributed by atoms with Crippen LogP contribution in [0.15, 0.2) is 18.3 Å². The van der Waals surface area contributed by atoms with Crippen LogP contribution >= 0.6 is 0 Å². The van der Waals surface area contributed by atoms with Crippen molar-refractivity contribution in [2.45, 2.75) is 45.7 Å². The number of anilines is 1. The molecular weight excluding hydrogens is 186 g/mol. The number of hydrogen-bond acceptors (Lipinski definition) is 3. The predicted octanol–water partition coefficient (Wildman–Crippen LogP) is 1.98. The van der Waals surface area contributed by atoms with Crippen LogP contribution in [-0.4, -0.2) is 17.1 Å². The molecule has 0 radical (unpaired) electrons. The Labute approximate surface area is 92.1 Å². The number of aromatic nitrogens is 1. The van der Waals surface area contributed by atoms with Crippen LogP contribution in [0.1, 0.15) is 32.8 Å². The minimum Gasteiger partial charge on any atom is -0.384 e. The molecule has 3 nitrogen and oxygen atoms in total. The first-order valence-corrected chi connectivity index (χ1v) is 5.54. The summed E-state index contributed by atoms with van der Waals surface area (Å²) in [5.41, 5.74) is 6.78. The maximum Gasteiger partial charge on any atom is 0.123 e. The fraction of sp³-hybridized carbons (Fsp3) is 0.583. The van der Waals surface area contributed by atoms with E-state index in [4.69, 9.17) is 5.73 Å². The smallest absolute Gasteiger partial charge is 0.123 e. The van der Waals surface area contributed by atoms with Gasteiger partial charge in [-0.25, -0.2) is 4.98 Å². The van der Waals surface area contributed by atoms with Crippen LogP contribution in [0.4, 0.5) is 5.82 Å². The second-order valence-corrected chi connectivity index (χ2v) is 4.35. The molecule has 0 aliphatic carbocycles. The van der Waals surface area contributed by atoms with Crippen molar-refractivity contribution in [2.24, 2.45) is 0 Å². The predicted molar refractivity (Wildman–Crippen MR) is 64.7 cm³/mol. The molecule has 1 atom stereocenters. The Kier molecular flexibility index (Phi) is 4.56. The van der Waals surface area contributed by atoms with Crippen LogP contribution in [0.5, 0.6) is 0 Å². The van der Waals surface area contributed by atoms with Crippen LogP contribution in [-0.2, 0) is 6.42 Å². The molecule has 0 aliphatic heterocycles. The summed E-state index contributed by atoms with van der Waals surface area (Å²) in [6.45, 7) is 6.55. The molecule has 3 N–H and O–H groups in total. The number of aryl methyl sites for hydroxylation is 1. The minimum absolute atomic E-state index is 0.544. The third-order valence-corrected chi connectivity index (χ3v) is 2.33. The highest BCUT2D eigenvalue weighted by molar-refractivity contribution is 5.29. The number of nitrogens with two attached hydrogens (primary N) is 1. The number of nitrogens with zero attached hydrogens (tertiary/aromatic N) is 1. The zero-order valence-electron chi connectivity index (χ0n) is 9.83. The zero-order chi connectivity index (χ0) is 11.3. The van der Waals surface area contributed by atoms with Gasteiger partial charge in [0.1, 0.15) is 5.82 Å². The average molecular weight is 207 g/mol. The SMILES string of the molecule is CC(C)NC(C)CCc1ccc(N)nc1. The first kappa shape index (κ1) is 12.0. The summed E-state index contributed by atoms with van der Waals surface area (Å²) in [6, 6.07) is 4.99. The first-order valence-electron chi connectivity index (χ1n) is 5.54. The second kappa shape index (κ2) is 5.71.